The molecule has 0 saturated heterocycles. The highest BCUT2D eigenvalue weighted by molar-refractivity contribution is 5.80. The van der Waals surface area contributed by atoms with Gasteiger partial charge in [0.1, 0.15) is 0 Å². The van der Waals surface area contributed by atoms with Crippen molar-refractivity contribution in [2.75, 3.05) is 7.11 Å². The van der Waals surface area contributed by atoms with Crippen LogP contribution in [0, 0.1) is 0 Å². The van der Waals surface area contributed by atoms with Gasteiger partial charge in [-0.3, -0.25) is 15.1 Å². The van der Waals surface area contributed by atoms with Gasteiger partial charge in [0.05, 0.1) is 19.9 Å². The lowest BCUT2D eigenvalue weighted by Gasteiger charge is -2.11. The second-order valence-electron chi connectivity index (χ2n) is 6.53. The predicted molar refractivity (Wildman–Crippen MR) is 106 cm³/mol. The summed E-state index contributed by atoms with van der Waals surface area (Å²) >= 11 is 0. The second kappa shape index (κ2) is 8.47. The van der Waals surface area contributed by atoms with E-state index in [9.17, 15) is 4.79 Å². The summed E-state index contributed by atoms with van der Waals surface area (Å²) in [4.78, 5) is 15.6. The fraction of sp³-hybridized carbons (Fsp3) is 0.190. The standard InChI is InChI=1S/C21H19N6O2/c1-29-20(28)11-10-17-12-22-14-27(17)13-15-6-8-16(9-7-15)18-4-2-3-5-19(18)21-23-25-26-24-21/h2-9,12,14H,10-11,13H2,1H3/q-1. The topological polar surface area (TPSA) is 96.9 Å². The van der Waals surface area contributed by atoms with Gasteiger partial charge in [0.25, 0.3) is 0 Å². The Hall–Kier alpha value is -3.81. The number of imidazole rings is 1. The van der Waals surface area contributed by atoms with Crippen LogP contribution in [0.25, 0.3) is 22.5 Å². The van der Waals surface area contributed by atoms with Crippen LogP contribution in [0.4, 0.5) is 0 Å². The number of carbonyl (C=O) groups excluding carboxylic acids is 1. The van der Waals surface area contributed by atoms with Crippen LogP contribution in [0.1, 0.15) is 17.7 Å². The van der Waals surface area contributed by atoms with Gasteiger partial charge >= 0.3 is 5.97 Å². The van der Waals surface area contributed by atoms with E-state index in [0.29, 0.717) is 25.2 Å². The monoisotopic (exact) mass is 387 g/mol. The van der Waals surface area contributed by atoms with E-state index in [2.05, 4.69) is 49.9 Å². The molecule has 2 aromatic carbocycles. The van der Waals surface area contributed by atoms with Gasteiger partial charge in [-0.2, -0.15) is 5.21 Å². The molecule has 8 nitrogen and oxygen atoms in total. The van der Waals surface area contributed by atoms with Gasteiger partial charge in [-0.1, -0.05) is 48.5 Å². The van der Waals surface area contributed by atoms with E-state index in [0.717, 1.165) is 27.9 Å². The summed E-state index contributed by atoms with van der Waals surface area (Å²) in [5.41, 5.74) is 5.11. The minimum atomic E-state index is -0.222. The molecule has 2 aromatic heterocycles. The first-order chi connectivity index (χ1) is 14.2. The van der Waals surface area contributed by atoms with Gasteiger partial charge < -0.3 is 14.4 Å². The molecular weight excluding hydrogens is 368 g/mol. The van der Waals surface area contributed by atoms with Crippen LogP contribution in [0.15, 0.2) is 61.1 Å². The fourth-order valence-corrected chi connectivity index (χ4v) is 3.20. The number of aryl methyl sites for hydroxylation is 1. The quantitative estimate of drug-likeness (QED) is 0.450. The van der Waals surface area contributed by atoms with E-state index in [1.807, 2.05) is 28.8 Å². The Morgan fingerprint density at radius 1 is 1.10 bits per heavy atom. The molecule has 4 aromatic rings. The summed E-state index contributed by atoms with van der Waals surface area (Å²) in [6, 6.07) is 16.2. The third-order valence-corrected chi connectivity index (χ3v) is 4.72. The maximum atomic E-state index is 11.4. The maximum Gasteiger partial charge on any atom is 0.305 e. The van der Waals surface area contributed by atoms with E-state index in [-0.39, 0.29) is 5.97 Å². The first kappa shape index (κ1) is 18.5. The summed E-state index contributed by atoms with van der Waals surface area (Å²) in [6.07, 6.45) is 4.50. The number of hydrogen-bond donors (Lipinski definition) is 0. The van der Waals surface area contributed by atoms with Gasteiger partial charge in [-0.15, -0.1) is 0 Å². The van der Waals surface area contributed by atoms with Gasteiger partial charge in [-0.05, 0) is 28.7 Å². The number of hydrogen-bond acceptors (Lipinski definition) is 6. The van der Waals surface area contributed by atoms with Gasteiger partial charge in [0.2, 0.25) is 0 Å². The summed E-state index contributed by atoms with van der Waals surface area (Å²) in [6.45, 7) is 0.679. The number of nitrogens with zero attached hydrogens (tertiary/aromatic N) is 6. The van der Waals surface area contributed by atoms with Crippen molar-refractivity contribution in [2.24, 2.45) is 0 Å². The highest BCUT2D eigenvalue weighted by atomic mass is 16.5. The zero-order valence-corrected chi connectivity index (χ0v) is 15.9. The minimum absolute atomic E-state index is 0.222. The van der Waals surface area contributed by atoms with Crippen molar-refractivity contribution < 1.29 is 9.53 Å². The molecule has 8 heteroatoms. The molecule has 0 spiro atoms. The van der Waals surface area contributed by atoms with Crippen molar-refractivity contribution in [2.45, 2.75) is 19.4 Å². The summed E-state index contributed by atoms with van der Waals surface area (Å²) in [5, 5.41) is 15.1. The minimum Gasteiger partial charge on any atom is -0.469 e. The molecule has 0 saturated carbocycles. The number of aromatic nitrogens is 6. The number of carbonyl (C=O) groups is 1. The number of ether oxygens (including phenoxy) is 1. The summed E-state index contributed by atoms with van der Waals surface area (Å²) < 4.78 is 6.76. The smallest absolute Gasteiger partial charge is 0.305 e. The summed E-state index contributed by atoms with van der Waals surface area (Å²) in [7, 11) is 1.40. The molecular formula is C21H19N6O2-. The Labute approximate surface area is 167 Å². The molecule has 0 radical (unpaired) electrons. The van der Waals surface area contributed by atoms with E-state index < -0.39 is 0 Å². The van der Waals surface area contributed by atoms with Crippen molar-refractivity contribution in [3.05, 3.63) is 72.3 Å². The lowest BCUT2D eigenvalue weighted by molar-refractivity contribution is -0.140. The third kappa shape index (κ3) is 4.21. The Morgan fingerprint density at radius 2 is 1.90 bits per heavy atom. The van der Waals surface area contributed by atoms with Crippen molar-refractivity contribution in [1.29, 1.82) is 0 Å². The molecule has 0 aliphatic rings. The first-order valence-corrected chi connectivity index (χ1v) is 9.18. The molecule has 0 aliphatic carbocycles. The van der Waals surface area contributed by atoms with Crippen LogP contribution in [0.3, 0.4) is 0 Å². The number of tetrazole rings is 1. The molecule has 146 valence electrons. The van der Waals surface area contributed by atoms with Crippen LogP contribution < -0.4 is 5.10 Å². The molecule has 0 N–H and O–H groups in total. The Balaban J connectivity index is 1.52. The number of benzene rings is 2. The first-order valence-electron chi connectivity index (χ1n) is 9.18. The number of rotatable bonds is 7. The zero-order valence-electron chi connectivity index (χ0n) is 15.9. The van der Waals surface area contributed by atoms with Crippen molar-refractivity contribution >= 4 is 5.97 Å². The number of methoxy groups -OCH3 is 1. The fourth-order valence-electron chi connectivity index (χ4n) is 3.20. The van der Waals surface area contributed by atoms with Crippen molar-refractivity contribution in [1.82, 2.24) is 30.2 Å². The lowest BCUT2D eigenvalue weighted by Crippen LogP contribution is -2.07. The van der Waals surface area contributed by atoms with Crippen LogP contribution in [0.2, 0.25) is 0 Å². The molecule has 0 aliphatic heterocycles. The van der Waals surface area contributed by atoms with E-state index in [1.165, 1.54) is 7.11 Å². The van der Waals surface area contributed by atoms with Crippen molar-refractivity contribution in [3.8, 4) is 22.5 Å². The molecule has 2 heterocycles. The largest absolute Gasteiger partial charge is 0.469 e. The molecule has 0 amide bonds. The average Bonchev–Trinajstić information content (AvgIpc) is 3.45. The van der Waals surface area contributed by atoms with Crippen LogP contribution in [-0.2, 0) is 22.5 Å². The van der Waals surface area contributed by atoms with E-state index >= 15 is 0 Å². The molecule has 4 rings (SSSR count). The highest BCUT2D eigenvalue weighted by Gasteiger charge is 2.09. The van der Waals surface area contributed by atoms with Gasteiger partial charge in [-0.25, -0.2) is 4.98 Å². The molecule has 0 unspecified atom stereocenters. The maximum absolute atomic E-state index is 11.4. The third-order valence-electron chi connectivity index (χ3n) is 4.72. The molecule has 0 fully saturated rings. The summed E-state index contributed by atoms with van der Waals surface area (Å²) in [5.74, 6) is 0.290. The molecule has 0 atom stereocenters. The average molecular weight is 387 g/mol. The molecule has 29 heavy (non-hydrogen) atoms. The Morgan fingerprint density at radius 3 is 2.62 bits per heavy atom. The Bertz CT molecular complexity index is 1090. The SMILES string of the molecule is COC(=O)CCc1cncn1Cc1ccc(-c2ccccc2-c2nnn[n-]2)cc1. The van der Waals surface area contributed by atoms with Crippen LogP contribution in [-0.4, -0.2) is 38.2 Å². The Kier molecular flexibility index (Phi) is 5.42. The molecule has 0 bridgehead atoms. The second-order valence-corrected chi connectivity index (χ2v) is 6.53. The number of esters is 1. The van der Waals surface area contributed by atoms with Crippen LogP contribution in [0.5, 0.6) is 0 Å². The highest BCUT2D eigenvalue weighted by Crippen LogP contribution is 2.29. The van der Waals surface area contributed by atoms with Crippen molar-refractivity contribution in [3.63, 3.8) is 0 Å². The van der Waals surface area contributed by atoms with Gasteiger partial charge in [0, 0.05) is 24.3 Å². The normalized spacial score (nSPS) is 10.8. The van der Waals surface area contributed by atoms with E-state index in [4.69, 9.17) is 4.74 Å². The predicted octanol–water partition coefficient (Wildman–Crippen LogP) is 2.51. The zero-order chi connectivity index (χ0) is 20.1. The lowest BCUT2D eigenvalue weighted by atomic mass is 9.98. The van der Waals surface area contributed by atoms with E-state index in [1.54, 1.807) is 12.5 Å². The van der Waals surface area contributed by atoms with Gasteiger partial charge in [0.15, 0.2) is 0 Å². The van der Waals surface area contributed by atoms with Crippen LogP contribution >= 0.6 is 0 Å².